The lowest BCUT2D eigenvalue weighted by atomic mass is 9.87. The van der Waals surface area contributed by atoms with Crippen molar-refractivity contribution in [2.75, 3.05) is 7.11 Å². The average Bonchev–Trinajstić information content (AvgIpc) is 2.46. The van der Waals surface area contributed by atoms with Crippen LogP contribution in [-0.4, -0.2) is 7.11 Å². The Morgan fingerprint density at radius 2 is 1.50 bits per heavy atom. The molecule has 0 saturated heterocycles. The summed E-state index contributed by atoms with van der Waals surface area (Å²) < 4.78 is 5.19. The molecule has 1 unspecified atom stereocenters. The monoisotopic (exact) mass is 277 g/mol. The first-order valence-electron chi connectivity index (χ1n) is 8.03. The molecule has 0 aliphatic heterocycles. The van der Waals surface area contributed by atoms with E-state index in [0.717, 1.165) is 12.2 Å². The minimum Gasteiger partial charge on any atom is -0.497 e. The van der Waals surface area contributed by atoms with Gasteiger partial charge in [-0.25, -0.2) is 0 Å². The van der Waals surface area contributed by atoms with E-state index in [9.17, 15) is 0 Å². The highest BCUT2D eigenvalue weighted by Gasteiger charge is 2.20. The van der Waals surface area contributed by atoms with Gasteiger partial charge in [-0.2, -0.15) is 0 Å². The molecule has 0 spiro atoms. The topological polar surface area (TPSA) is 35.2 Å². The molecule has 0 radical (unpaired) electrons. The minimum atomic E-state index is -0.226. The van der Waals surface area contributed by atoms with Crippen LogP contribution in [0.25, 0.3) is 0 Å². The molecule has 0 heterocycles. The van der Waals surface area contributed by atoms with Gasteiger partial charge in [-0.1, -0.05) is 64.0 Å². The van der Waals surface area contributed by atoms with Gasteiger partial charge in [0.05, 0.1) is 7.11 Å². The van der Waals surface area contributed by atoms with Crippen molar-refractivity contribution < 1.29 is 4.74 Å². The number of nitrogens with two attached hydrogens (primary N) is 1. The van der Waals surface area contributed by atoms with Crippen LogP contribution in [0.1, 0.15) is 70.8 Å². The normalized spacial score (nSPS) is 14.0. The third kappa shape index (κ3) is 5.96. The number of hydrogen-bond acceptors (Lipinski definition) is 2. The third-order valence-electron chi connectivity index (χ3n) is 4.05. The first kappa shape index (κ1) is 17.0. The lowest BCUT2D eigenvalue weighted by molar-refractivity contribution is 0.408. The van der Waals surface area contributed by atoms with Gasteiger partial charge >= 0.3 is 0 Å². The Morgan fingerprint density at radius 3 is 2.05 bits per heavy atom. The van der Waals surface area contributed by atoms with Gasteiger partial charge in [0.25, 0.3) is 0 Å². The van der Waals surface area contributed by atoms with Crippen LogP contribution in [0.2, 0.25) is 0 Å². The summed E-state index contributed by atoms with van der Waals surface area (Å²) in [6, 6.07) is 8.15. The van der Waals surface area contributed by atoms with Crippen molar-refractivity contribution in [3.63, 3.8) is 0 Å². The highest BCUT2D eigenvalue weighted by Crippen LogP contribution is 2.26. The van der Waals surface area contributed by atoms with Gasteiger partial charge in [0.1, 0.15) is 5.75 Å². The van der Waals surface area contributed by atoms with Crippen LogP contribution >= 0.6 is 0 Å². The molecule has 0 aliphatic carbocycles. The Bertz CT molecular complexity index is 356. The summed E-state index contributed by atoms with van der Waals surface area (Å²) in [6.07, 6.45) is 10.4. The summed E-state index contributed by atoms with van der Waals surface area (Å²) in [5.74, 6) is 0.889. The summed E-state index contributed by atoms with van der Waals surface area (Å²) >= 11 is 0. The highest BCUT2D eigenvalue weighted by atomic mass is 16.5. The number of unbranched alkanes of at least 4 members (excludes halogenated alkanes) is 6. The molecule has 1 atom stereocenters. The van der Waals surface area contributed by atoms with Gasteiger partial charge in [0.15, 0.2) is 0 Å². The van der Waals surface area contributed by atoms with Crippen molar-refractivity contribution in [2.45, 2.75) is 70.8 Å². The zero-order valence-corrected chi connectivity index (χ0v) is 13.5. The molecule has 1 aromatic carbocycles. The van der Waals surface area contributed by atoms with E-state index in [2.05, 4.69) is 26.0 Å². The molecule has 0 aliphatic rings. The first-order valence-corrected chi connectivity index (χ1v) is 8.03. The van der Waals surface area contributed by atoms with Crippen molar-refractivity contribution in [1.82, 2.24) is 0 Å². The van der Waals surface area contributed by atoms with Crippen molar-refractivity contribution in [3.8, 4) is 5.75 Å². The van der Waals surface area contributed by atoms with Gasteiger partial charge in [-0.15, -0.1) is 0 Å². The van der Waals surface area contributed by atoms with Crippen LogP contribution < -0.4 is 10.5 Å². The fraction of sp³-hybridized carbons (Fsp3) is 0.667. The van der Waals surface area contributed by atoms with Gasteiger partial charge in [0.2, 0.25) is 0 Å². The van der Waals surface area contributed by atoms with E-state index in [1.54, 1.807) is 7.11 Å². The molecular weight excluding hydrogens is 246 g/mol. The van der Waals surface area contributed by atoms with Crippen LogP contribution in [0.3, 0.4) is 0 Å². The first-order chi connectivity index (χ1) is 9.60. The molecule has 0 aromatic heterocycles. The second kappa shape index (κ2) is 9.02. The zero-order valence-electron chi connectivity index (χ0n) is 13.5. The Balaban J connectivity index is 2.29. The maximum absolute atomic E-state index is 6.45. The molecular formula is C18H31NO. The van der Waals surface area contributed by atoms with Crippen LogP contribution in [0.4, 0.5) is 0 Å². The Kier molecular flexibility index (Phi) is 7.68. The summed E-state index contributed by atoms with van der Waals surface area (Å²) in [4.78, 5) is 0. The highest BCUT2D eigenvalue weighted by molar-refractivity contribution is 5.31. The van der Waals surface area contributed by atoms with Gasteiger partial charge in [-0.3, -0.25) is 0 Å². The fourth-order valence-corrected chi connectivity index (χ4v) is 2.57. The van der Waals surface area contributed by atoms with Crippen molar-refractivity contribution in [3.05, 3.63) is 29.8 Å². The van der Waals surface area contributed by atoms with Crippen molar-refractivity contribution in [1.29, 1.82) is 0 Å². The van der Waals surface area contributed by atoms with Crippen molar-refractivity contribution in [2.24, 2.45) is 5.73 Å². The number of hydrogen-bond donors (Lipinski definition) is 1. The number of benzene rings is 1. The standard InChI is InChI=1S/C18H31NO/c1-4-5-6-7-8-9-10-15-18(2,19)16-11-13-17(20-3)14-12-16/h11-14H,4-10,15,19H2,1-3H3. The number of ether oxygens (including phenoxy) is 1. The van der Waals surface area contributed by atoms with E-state index in [1.807, 2.05) is 12.1 Å². The van der Waals surface area contributed by atoms with E-state index in [4.69, 9.17) is 10.5 Å². The SMILES string of the molecule is CCCCCCCCCC(C)(N)c1ccc(OC)cc1. The lowest BCUT2D eigenvalue weighted by Gasteiger charge is -2.25. The Morgan fingerprint density at radius 1 is 0.950 bits per heavy atom. The van der Waals surface area contributed by atoms with Crippen LogP contribution in [0.15, 0.2) is 24.3 Å². The molecule has 0 fully saturated rings. The maximum Gasteiger partial charge on any atom is 0.118 e. The minimum absolute atomic E-state index is 0.226. The largest absolute Gasteiger partial charge is 0.497 e. The van der Waals surface area contributed by atoms with E-state index < -0.39 is 0 Å². The van der Waals surface area contributed by atoms with Crippen LogP contribution in [-0.2, 0) is 5.54 Å². The van der Waals surface area contributed by atoms with E-state index in [0.29, 0.717) is 0 Å². The fourth-order valence-electron chi connectivity index (χ4n) is 2.57. The molecule has 2 nitrogen and oxygen atoms in total. The molecule has 2 heteroatoms. The lowest BCUT2D eigenvalue weighted by Crippen LogP contribution is -2.32. The molecule has 20 heavy (non-hydrogen) atoms. The van der Waals surface area contributed by atoms with E-state index >= 15 is 0 Å². The summed E-state index contributed by atoms with van der Waals surface area (Å²) in [7, 11) is 1.69. The van der Waals surface area contributed by atoms with E-state index in [-0.39, 0.29) is 5.54 Å². The second-order valence-electron chi connectivity index (χ2n) is 6.02. The Hall–Kier alpha value is -1.02. The van der Waals surface area contributed by atoms with E-state index in [1.165, 1.54) is 50.5 Å². The molecule has 0 amide bonds. The van der Waals surface area contributed by atoms with Crippen LogP contribution in [0.5, 0.6) is 5.75 Å². The van der Waals surface area contributed by atoms with Gasteiger partial charge in [-0.05, 0) is 31.0 Å². The predicted octanol–water partition coefficient (Wildman–Crippen LogP) is 5.01. The molecule has 1 aromatic rings. The summed E-state index contributed by atoms with van der Waals surface area (Å²) in [5.41, 5.74) is 7.42. The molecule has 0 saturated carbocycles. The molecule has 2 N–H and O–H groups in total. The smallest absolute Gasteiger partial charge is 0.118 e. The summed E-state index contributed by atoms with van der Waals surface area (Å²) in [5, 5.41) is 0. The Labute approximate surface area is 124 Å². The second-order valence-corrected chi connectivity index (χ2v) is 6.02. The van der Waals surface area contributed by atoms with Crippen LogP contribution in [0, 0.1) is 0 Å². The zero-order chi connectivity index (χ0) is 14.8. The number of rotatable bonds is 10. The molecule has 0 bridgehead atoms. The quantitative estimate of drug-likeness (QED) is 0.610. The van der Waals surface area contributed by atoms with Gasteiger partial charge < -0.3 is 10.5 Å². The van der Waals surface area contributed by atoms with Gasteiger partial charge in [0, 0.05) is 5.54 Å². The third-order valence-corrected chi connectivity index (χ3v) is 4.05. The summed E-state index contributed by atoms with van der Waals surface area (Å²) in [6.45, 7) is 4.39. The van der Waals surface area contributed by atoms with Crippen molar-refractivity contribution >= 4 is 0 Å². The molecule has 1 rings (SSSR count). The average molecular weight is 277 g/mol. The number of methoxy groups -OCH3 is 1. The maximum atomic E-state index is 6.45. The predicted molar refractivity (Wildman–Crippen MR) is 87.1 cm³/mol. The molecule has 114 valence electrons.